The molecule has 0 radical (unpaired) electrons. The highest BCUT2D eigenvalue weighted by molar-refractivity contribution is 6.34. The lowest BCUT2D eigenvalue weighted by Crippen LogP contribution is -2.15. The second-order valence-corrected chi connectivity index (χ2v) is 5.00. The third kappa shape index (κ3) is 4.16. The van der Waals surface area contributed by atoms with Crippen LogP contribution in [0.2, 0.25) is 5.02 Å². The van der Waals surface area contributed by atoms with Gasteiger partial charge >= 0.3 is 0 Å². The summed E-state index contributed by atoms with van der Waals surface area (Å²) in [6.07, 6.45) is 2.57. The first-order valence-electron chi connectivity index (χ1n) is 6.74. The van der Waals surface area contributed by atoms with Gasteiger partial charge in [0.25, 0.3) is 5.91 Å². The van der Waals surface area contributed by atoms with Crippen molar-refractivity contribution in [3.8, 4) is 0 Å². The van der Waals surface area contributed by atoms with Crippen molar-refractivity contribution in [3.63, 3.8) is 0 Å². The Hall–Kier alpha value is -2.14. The van der Waals surface area contributed by atoms with Crippen LogP contribution in [0.3, 0.4) is 0 Å². The SMILES string of the molecule is CCCNc1ccc(Cl)c(C(=O)Nc2ccc(C)nc2)n1. The number of nitrogens with one attached hydrogen (secondary N) is 2. The van der Waals surface area contributed by atoms with Crippen LogP contribution in [0.5, 0.6) is 0 Å². The highest BCUT2D eigenvalue weighted by atomic mass is 35.5. The third-order valence-corrected chi connectivity index (χ3v) is 3.09. The number of anilines is 2. The van der Waals surface area contributed by atoms with E-state index in [0.29, 0.717) is 16.5 Å². The Morgan fingerprint density at radius 1 is 1.29 bits per heavy atom. The van der Waals surface area contributed by atoms with Crippen LogP contribution in [0.4, 0.5) is 11.5 Å². The molecule has 2 rings (SSSR count). The van der Waals surface area contributed by atoms with Gasteiger partial charge in [-0.2, -0.15) is 0 Å². The molecule has 0 fully saturated rings. The Bertz CT molecular complexity index is 628. The summed E-state index contributed by atoms with van der Waals surface area (Å²) in [6, 6.07) is 7.02. The predicted molar refractivity (Wildman–Crippen MR) is 85.0 cm³/mol. The molecular formula is C15H17ClN4O. The number of carbonyl (C=O) groups is 1. The fourth-order valence-electron chi connectivity index (χ4n) is 1.68. The van der Waals surface area contributed by atoms with Gasteiger partial charge < -0.3 is 10.6 Å². The zero-order valence-corrected chi connectivity index (χ0v) is 12.7. The molecule has 0 bridgehead atoms. The summed E-state index contributed by atoms with van der Waals surface area (Å²) in [5.41, 5.74) is 1.68. The van der Waals surface area contributed by atoms with Crippen molar-refractivity contribution >= 4 is 29.0 Å². The Morgan fingerprint density at radius 2 is 2.10 bits per heavy atom. The quantitative estimate of drug-likeness (QED) is 0.887. The number of pyridine rings is 2. The van der Waals surface area contributed by atoms with E-state index in [4.69, 9.17) is 11.6 Å². The molecule has 2 heterocycles. The standard InChI is InChI=1S/C15H17ClN4O/c1-3-8-17-13-7-6-12(16)14(20-13)15(21)19-11-5-4-10(2)18-9-11/h4-7,9H,3,8H2,1-2H3,(H,17,20)(H,19,21). The topological polar surface area (TPSA) is 66.9 Å². The summed E-state index contributed by atoms with van der Waals surface area (Å²) in [5.74, 6) is 0.277. The zero-order chi connectivity index (χ0) is 15.2. The summed E-state index contributed by atoms with van der Waals surface area (Å²) >= 11 is 6.05. The number of hydrogen-bond acceptors (Lipinski definition) is 4. The molecule has 2 N–H and O–H groups in total. The molecule has 5 nitrogen and oxygen atoms in total. The molecule has 0 aromatic carbocycles. The third-order valence-electron chi connectivity index (χ3n) is 2.79. The number of aryl methyl sites for hydroxylation is 1. The molecule has 0 saturated heterocycles. The summed E-state index contributed by atoms with van der Waals surface area (Å²) in [6.45, 7) is 4.73. The van der Waals surface area contributed by atoms with Crippen LogP contribution < -0.4 is 10.6 Å². The maximum Gasteiger partial charge on any atom is 0.275 e. The first-order valence-corrected chi connectivity index (χ1v) is 7.12. The van der Waals surface area contributed by atoms with Gasteiger partial charge in [-0.3, -0.25) is 9.78 Å². The largest absolute Gasteiger partial charge is 0.370 e. The minimum absolute atomic E-state index is 0.193. The van der Waals surface area contributed by atoms with Crippen molar-refractivity contribution in [2.24, 2.45) is 0 Å². The van der Waals surface area contributed by atoms with E-state index in [2.05, 4.69) is 27.5 Å². The molecule has 2 aromatic heterocycles. The van der Waals surface area contributed by atoms with Crippen LogP contribution in [0.25, 0.3) is 0 Å². The van der Waals surface area contributed by atoms with Crippen molar-refractivity contribution in [3.05, 3.63) is 46.9 Å². The Labute approximate surface area is 128 Å². The predicted octanol–water partition coefficient (Wildman–Crippen LogP) is 3.51. The number of carbonyl (C=O) groups excluding carboxylic acids is 1. The smallest absolute Gasteiger partial charge is 0.275 e. The Morgan fingerprint density at radius 3 is 2.76 bits per heavy atom. The second-order valence-electron chi connectivity index (χ2n) is 4.60. The number of amides is 1. The van der Waals surface area contributed by atoms with Gasteiger partial charge in [0.1, 0.15) is 11.5 Å². The molecule has 1 amide bonds. The molecule has 0 unspecified atom stereocenters. The fourth-order valence-corrected chi connectivity index (χ4v) is 1.88. The van der Waals surface area contributed by atoms with Crippen molar-refractivity contribution in [2.75, 3.05) is 17.2 Å². The first kappa shape index (κ1) is 15.3. The number of aromatic nitrogens is 2. The summed E-state index contributed by atoms with van der Waals surface area (Å²) in [4.78, 5) is 20.6. The maximum atomic E-state index is 12.2. The lowest BCUT2D eigenvalue weighted by molar-refractivity contribution is 0.102. The van der Waals surface area contributed by atoms with E-state index >= 15 is 0 Å². The maximum absolute atomic E-state index is 12.2. The van der Waals surface area contributed by atoms with Gasteiger partial charge in [-0.05, 0) is 37.6 Å². The summed E-state index contributed by atoms with van der Waals surface area (Å²) in [5, 5.41) is 6.17. The molecule has 6 heteroatoms. The number of rotatable bonds is 5. The average Bonchev–Trinajstić information content (AvgIpc) is 2.48. The first-order chi connectivity index (χ1) is 10.1. The minimum atomic E-state index is -0.356. The van der Waals surface area contributed by atoms with Crippen molar-refractivity contribution in [2.45, 2.75) is 20.3 Å². The molecule has 0 aliphatic rings. The van der Waals surface area contributed by atoms with Crippen LogP contribution in [-0.4, -0.2) is 22.4 Å². The minimum Gasteiger partial charge on any atom is -0.370 e. The van der Waals surface area contributed by atoms with Crippen LogP contribution in [-0.2, 0) is 0 Å². The molecule has 110 valence electrons. The van der Waals surface area contributed by atoms with E-state index in [9.17, 15) is 4.79 Å². The molecule has 0 aliphatic carbocycles. The van der Waals surface area contributed by atoms with E-state index in [0.717, 1.165) is 18.7 Å². The van der Waals surface area contributed by atoms with Gasteiger partial charge in [-0.15, -0.1) is 0 Å². The molecule has 0 aliphatic heterocycles. The second kappa shape index (κ2) is 7.04. The highest BCUT2D eigenvalue weighted by Crippen LogP contribution is 2.18. The normalized spacial score (nSPS) is 10.2. The van der Waals surface area contributed by atoms with Crippen LogP contribution in [0.15, 0.2) is 30.5 Å². The van der Waals surface area contributed by atoms with Crippen molar-refractivity contribution in [1.82, 2.24) is 9.97 Å². The molecule has 2 aromatic rings. The Kier molecular flexibility index (Phi) is 5.11. The average molecular weight is 305 g/mol. The van der Waals surface area contributed by atoms with Crippen LogP contribution in [0, 0.1) is 6.92 Å². The van der Waals surface area contributed by atoms with Crippen LogP contribution in [0.1, 0.15) is 29.5 Å². The summed E-state index contributed by atoms with van der Waals surface area (Å²) in [7, 11) is 0. The van der Waals surface area contributed by atoms with Crippen molar-refractivity contribution in [1.29, 1.82) is 0 Å². The van der Waals surface area contributed by atoms with E-state index in [1.54, 1.807) is 24.4 Å². The van der Waals surface area contributed by atoms with Gasteiger partial charge in [0.05, 0.1) is 16.9 Å². The van der Waals surface area contributed by atoms with Crippen LogP contribution >= 0.6 is 11.6 Å². The van der Waals surface area contributed by atoms with E-state index in [1.165, 1.54) is 0 Å². The fraction of sp³-hybridized carbons (Fsp3) is 0.267. The van der Waals surface area contributed by atoms with Gasteiger partial charge in [0.2, 0.25) is 0 Å². The zero-order valence-electron chi connectivity index (χ0n) is 12.0. The van der Waals surface area contributed by atoms with Gasteiger partial charge in [-0.1, -0.05) is 18.5 Å². The van der Waals surface area contributed by atoms with E-state index in [1.807, 2.05) is 13.0 Å². The van der Waals surface area contributed by atoms with E-state index in [-0.39, 0.29) is 11.6 Å². The lowest BCUT2D eigenvalue weighted by atomic mass is 10.3. The lowest BCUT2D eigenvalue weighted by Gasteiger charge is -2.09. The molecular weight excluding hydrogens is 288 g/mol. The monoisotopic (exact) mass is 304 g/mol. The highest BCUT2D eigenvalue weighted by Gasteiger charge is 2.13. The van der Waals surface area contributed by atoms with E-state index < -0.39 is 0 Å². The number of hydrogen-bond donors (Lipinski definition) is 2. The van der Waals surface area contributed by atoms with Crippen molar-refractivity contribution < 1.29 is 4.79 Å². The molecule has 0 atom stereocenters. The molecule has 0 saturated carbocycles. The van der Waals surface area contributed by atoms with Gasteiger partial charge in [-0.25, -0.2) is 4.98 Å². The number of nitrogens with zero attached hydrogens (tertiary/aromatic N) is 2. The summed E-state index contributed by atoms with van der Waals surface area (Å²) < 4.78 is 0. The number of halogens is 1. The van der Waals surface area contributed by atoms with Gasteiger partial charge in [0, 0.05) is 12.2 Å². The molecule has 0 spiro atoms. The van der Waals surface area contributed by atoms with Gasteiger partial charge in [0.15, 0.2) is 0 Å². The molecule has 21 heavy (non-hydrogen) atoms. The Balaban J connectivity index is 2.15.